The van der Waals surface area contributed by atoms with Crippen LogP contribution in [0.5, 0.6) is 0 Å². The first-order valence-electron chi connectivity index (χ1n) is 6.22. The summed E-state index contributed by atoms with van der Waals surface area (Å²) in [5, 5.41) is 0. The number of aryl methyl sites for hydroxylation is 3. The molecule has 0 atom stereocenters. The van der Waals surface area contributed by atoms with Crippen LogP contribution in [0.1, 0.15) is 39.3 Å². The zero-order valence-electron chi connectivity index (χ0n) is 11.1. The zero-order chi connectivity index (χ0) is 13.1. The fraction of sp³-hybridized carbons (Fsp3) is 0.429. The Hall–Kier alpha value is -1.42. The highest BCUT2D eigenvalue weighted by atomic mass is 32.1. The van der Waals surface area contributed by atoms with Crippen LogP contribution in [0.4, 0.5) is 0 Å². The highest BCUT2D eigenvalue weighted by molar-refractivity contribution is 7.14. The summed E-state index contributed by atoms with van der Waals surface area (Å²) in [6.07, 6.45) is 5.15. The molecule has 0 bridgehead atoms. The van der Waals surface area contributed by atoms with Crippen molar-refractivity contribution < 1.29 is 4.79 Å². The standard InChI is InChI=1S/C14H18N2OS/c1-4-6-16-7-5-15-14(16)9-12(17)13-8-10(2)11(3)18-13/h5,7-8H,4,6,9H2,1-3H3. The summed E-state index contributed by atoms with van der Waals surface area (Å²) in [7, 11) is 0. The van der Waals surface area contributed by atoms with Crippen LogP contribution in [0.15, 0.2) is 18.5 Å². The SMILES string of the molecule is CCCn1ccnc1CC(=O)c1cc(C)c(C)s1. The highest BCUT2D eigenvalue weighted by Crippen LogP contribution is 2.22. The van der Waals surface area contributed by atoms with Gasteiger partial charge in [-0.05, 0) is 31.9 Å². The van der Waals surface area contributed by atoms with Crippen molar-refractivity contribution >= 4 is 17.1 Å². The number of imidazole rings is 1. The first-order valence-corrected chi connectivity index (χ1v) is 7.03. The Kier molecular flexibility index (Phi) is 3.97. The summed E-state index contributed by atoms with van der Waals surface area (Å²) in [4.78, 5) is 18.5. The predicted molar refractivity (Wildman–Crippen MR) is 74.3 cm³/mol. The third-order valence-corrected chi connectivity index (χ3v) is 4.22. The van der Waals surface area contributed by atoms with E-state index in [0.29, 0.717) is 6.42 Å². The molecule has 0 aliphatic rings. The van der Waals surface area contributed by atoms with E-state index in [2.05, 4.69) is 23.4 Å². The monoisotopic (exact) mass is 262 g/mol. The molecule has 0 aromatic carbocycles. The molecule has 2 heterocycles. The molecule has 0 spiro atoms. The lowest BCUT2D eigenvalue weighted by Crippen LogP contribution is -2.09. The number of carbonyl (C=O) groups is 1. The van der Waals surface area contributed by atoms with Gasteiger partial charge in [0.2, 0.25) is 0 Å². The fourth-order valence-electron chi connectivity index (χ4n) is 1.89. The van der Waals surface area contributed by atoms with Gasteiger partial charge in [-0.3, -0.25) is 4.79 Å². The molecule has 0 radical (unpaired) electrons. The maximum atomic E-state index is 12.2. The van der Waals surface area contributed by atoms with E-state index in [0.717, 1.165) is 23.7 Å². The quantitative estimate of drug-likeness (QED) is 0.774. The highest BCUT2D eigenvalue weighted by Gasteiger charge is 2.14. The minimum absolute atomic E-state index is 0.166. The van der Waals surface area contributed by atoms with Gasteiger partial charge >= 0.3 is 0 Å². The number of carbonyl (C=O) groups excluding carboxylic acids is 1. The van der Waals surface area contributed by atoms with Gasteiger partial charge in [-0.25, -0.2) is 4.98 Å². The maximum absolute atomic E-state index is 12.2. The van der Waals surface area contributed by atoms with Crippen molar-refractivity contribution in [3.63, 3.8) is 0 Å². The molecule has 0 saturated heterocycles. The Bertz CT molecular complexity index is 534. The summed E-state index contributed by atoms with van der Waals surface area (Å²) in [5.41, 5.74) is 1.19. The van der Waals surface area contributed by atoms with E-state index in [9.17, 15) is 4.79 Å². The van der Waals surface area contributed by atoms with E-state index >= 15 is 0 Å². The molecule has 0 saturated carbocycles. The minimum Gasteiger partial charge on any atom is -0.335 e. The van der Waals surface area contributed by atoms with Crippen molar-refractivity contribution in [2.75, 3.05) is 0 Å². The summed E-state index contributed by atoms with van der Waals surface area (Å²) >= 11 is 1.58. The molecular weight excluding hydrogens is 244 g/mol. The Morgan fingerprint density at radius 2 is 2.22 bits per heavy atom. The van der Waals surface area contributed by atoms with E-state index in [1.165, 1.54) is 10.4 Å². The smallest absolute Gasteiger partial charge is 0.180 e. The van der Waals surface area contributed by atoms with Crippen LogP contribution in [0.3, 0.4) is 0 Å². The maximum Gasteiger partial charge on any atom is 0.180 e. The Balaban J connectivity index is 2.13. The number of ketones is 1. The first kappa shape index (κ1) is 13.0. The third kappa shape index (κ3) is 2.70. The van der Waals surface area contributed by atoms with Crippen molar-refractivity contribution in [1.29, 1.82) is 0 Å². The van der Waals surface area contributed by atoms with Crippen LogP contribution in [0.25, 0.3) is 0 Å². The van der Waals surface area contributed by atoms with E-state index in [4.69, 9.17) is 0 Å². The molecule has 2 rings (SSSR count). The Morgan fingerprint density at radius 1 is 1.44 bits per heavy atom. The van der Waals surface area contributed by atoms with Crippen molar-refractivity contribution in [3.8, 4) is 0 Å². The van der Waals surface area contributed by atoms with Crippen molar-refractivity contribution in [3.05, 3.63) is 39.6 Å². The van der Waals surface area contributed by atoms with Crippen LogP contribution >= 0.6 is 11.3 Å². The second-order valence-electron chi connectivity index (χ2n) is 4.49. The summed E-state index contributed by atoms with van der Waals surface area (Å²) < 4.78 is 2.06. The number of hydrogen-bond acceptors (Lipinski definition) is 3. The third-order valence-electron chi connectivity index (χ3n) is 3.03. The number of hydrogen-bond donors (Lipinski definition) is 0. The molecule has 4 heteroatoms. The molecule has 18 heavy (non-hydrogen) atoms. The molecule has 96 valence electrons. The van der Waals surface area contributed by atoms with Gasteiger partial charge in [0.25, 0.3) is 0 Å². The van der Waals surface area contributed by atoms with Crippen LogP contribution < -0.4 is 0 Å². The van der Waals surface area contributed by atoms with E-state index in [1.54, 1.807) is 17.5 Å². The van der Waals surface area contributed by atoms with Gasteiger partial charge in [0, 0.05) is 23.8 Å². The average molecular weight is 262 g/mol. The van der Waals surface area contributed by atoms with Crippen LogP contribution in [0, 0.1) is 13.8 Å². The van der Waals surface area contributed by atoms with Crippen molar-refractivity contribution in [1.82, 2.24) is 9.55 Å². The van der Waals surface area contributed by atoms with Crippen LogP contribution in [0.2, 0.25) is 0 Å². The lowest BCUT2D eigenvalue weighted by molar-refractivity contribution is 0.0993. The van der Waals surface area contributed by atoms with Crippen molar-refractivity contribution in [2.45, 2.75) is 40.2 Å². The van der Waals surface area contributed by atoms with Gasteiger partial charge in [-0.15, -0.1) is 11.3 Å². The predicted octanol–water partition coefficient (Wildman–Crippen LogP) is 3.40. The van der Waals surface area contributed by atoms with Gasteiger partial charge in [0.1, 0.15) is 5.82 Å². The van der Waals surface area contributed by atoms with Gasteiger partial charge in [-0.1, -0.05) is 6.92 Å². The molecule has 0 aliphatic heterocycles. The zero-order valence-corrected chi connectivity index (χ0v) is 11.9. The van der Waals surface area contributed by atoms with E-state index in [1.807, 2.05) is 19.2 Å². The van der Waals surface area contributed by atoms with Gasteiger partial charge in [0.15, 0.2) is 5.78 Å². The molecule has 0 fully saturated rings. The molecular formula is C14H18N2OS. The molecule has 2 aromatic heterocycles. The summed E-state index contributed by atoms with van der Waals surface area (Å²) in [5.74, 6) is 1.03. The second kappa shape index (κ2) is 5.48. The Morgan fingerprint density at radius 3 is 2.83 bits per heavy atom. The number of nitrogens with zero attached hydrogens (tertiary/aromatic N) is 2. The average Bonchev–Trinajstić information content (AvgIpc) is 2.88. The molecule has 3 nitrogen and oxygen atoms in total. The van der Waals surface area contributed by atoms with E-state index in [-0.39, 0.29) is 5.78 Å². The molecule has 0 amide bonds. The number of Topliss-reactive ketones (excluding diaryl/α,β-unsaturated/α-hetero) is 1. The van der Waals surface area contributed by atoms with Crippen LogP contribution in [-0.4, -0.2) is 15.3 Å². The molecule has 2 aromatic rings. The van der Waals surface area contributed by atoms with Gasteiger partial charge in [0.05, 0.1) is 11.3 Å². The summed E-state index contributed by atoms with van der Waals surface area (Å²) in [6, 6.07) is 1.98. The lowest BCUT2D eigenvalue weighted by Gasteiger charge is -2.04. The van der Waals surface area contributed by atoms with Crippen LogP contribution in [-0.2, 0) is 13.0 Å². The molecule has 0 aliphatic carbocycles. The number of aromatic nitrogens is 2. The minimum atomic E-state index is 0.166. The lowest BCUT2D eigenvalue weighted by atomic mass is 10.2. The van der Waals surface area contributed by atoms with Gasteiger partial charge in [-0.2, -0.15) is 0 Å². The number of thiophene rings is 1. The molecule has 0 unspecified atom stereocenters. The van der Waals surface area contributed by atoms with E-state index < -0.39 is 0 Å². The normalized spacial score (nSPS) is 10.8. The number of rotatable bonds is 5. The first-order chi connectivity index (χ1) is 8.61. The Labute approximate surface area is 111 Å². The van der Waals surface area contributed by atoms with Gasteiger partial charge < -0.3 is 4.57 Å². The summed E-state index contributed by atoms with van der Waals surface area (Å²) in [6.45, 7) is 7.14. The topological polar surface area (TPSA) is 34.9 Å². The van der Waals surface area contributed by atoms with Crippen molar-refractivity contribution in [2.24, 2.45) is 0 Å². The molecule has 0 N–H and O–H groups in total. The largest absolute Gasteiger partial charge is 0.335 e. The fourth-order valence-corrected chi connectivity index (χ4v) is 2.86. The second-order valence-corrected chi connectivity index (χ2v) is 5.74.